The van der Waals surface area contributed by atoms with Gasteiger partial charge in [-0.05, 0) is 37.0 Å². The Bertz CT molecular complexity index is 1690. The number of aromatic nitrogens is 5. The molecule has 0 bridgehead atoms. The van der Waals surface area contributed by atoms with Crippen LogP contribution in [0.15, 0.2) is 36.7 Å². The lowest BCUT2D eigenvalue weighted by Crippen LogP contribution is -2.20. The Morgan fingerprint density at radius 1 is 1.15 bits per heavy atom. The Labute approximate surface area is 235 Å². The molecule has 3 atom stereocenters. The van der Waals surface area contributed by atoms with Gasteiger partial charge in [-0.1, -0.05) is 32.1 Å². The molecular weight excluding hydrogens is 531 g/mol. The number of halogens is 3. The van der Waals surface area contributed by atoms with Crippen LogP contribution in [0.4, 0.5) is 24.5 Å². The standard InChI is InChI=1S/C29H28F3N9/c1-15-19(5-6-24(30)37-15)27(22-13-41(40-39-22)23-9-20(23)28(31)32)38-18-7-16(10-33)25-21(8-18)26(17(11-34)12-35-25)36-14-29(2,3)4/h5-8,12-13,20,23,27-28,38H,9,14H2,1-4H3,(H,35,36)/t20-,23-,27?/m1/s1. The lowest BCUT2D eigenvalue weighted by molar-refractivity contribution is 0.115. The third-order valence-electron chi connectivity index (χ3n) is 7.01. The van der Waals surface area contributed by atoms with Gasteiger partial charge in [-0.2, -0.15) is 14.9 Å². The topological polar surface area (TPSA) is 128 Å². The van der Waals surface area contributed by atoms with Crippen LogP contribution >= 0.6 is 0 Å². The minimum Gasteiger partial charge on any atom is -0.383 e. The SMILES string of the molecule is Cc1nc(F)ccc1C(Nc1cc(C#N)c2ncc(C#N)c(NCC(C)(C)C)c2c1)c1cn([C@@H]2C[C@H]2C(F)F)nn1. The summed E-state index contributed by atoms with van der Waals surface area (Å²) in [5, 5.41) is 35.4. The van der Waals surface area contributed by atoms with Crippen LogP contribution in [-0.4, -0.2) is 37.9 Å². The second-order valence-corrected chi connectivity index (χ2v) is 11.4. The first-order valence-electron chi connectivity index (χ1n) is 13.1. The number of fused-ring (bicyclic) bond motifs is 1. The van der Waals surface area contributed by atoms with Gasteiger partial charge in [-0.15, -0.1) is 5.10 Å². The molecule has 0 saturated heterocycles. The molecule has 9 nitrogen and oxygen atoms in total. The van der Waals surface area contributed by atoms with E-state index in [9.17, 15) is 23.7 Å². The van der Waals surface area contributed by atoms with E-state index < -0.39 is 30.4 Å². The van der Waals surface area contributed by atoms with Crippen molar-refractivity contribution >= 4 is 22.3 Å². The van der Waals surface area contributed by atoms with Crippen LogP contribution in [0, 0.1) is 46.9 Å². The number of alkyl halides is 2. The molecule has 0 aliphatic heterocycles. The highest BCUT2D eigenvalue weighted by Gasteiger charge is 2.46. The largest absolute Gasteiger partial charge is 0.383 e. The van der Waals surface area contributed by atoms with Crippen molar-refractivity contribution in [2.75, 3.05) is 17.2 Å². The summed E-state index contributed by atoms with van der Waals surface area (Å²) >= 11 is 0. The van der Waals surface area contributed by atoms with Gasteiger partial charge in [0.15, 0.2) is 0 Å². The van der Waals surface area contributed by atoms with Crippen molar-refractivity contribution in [3.8, 4) is 12.1 Å². The minimum atomic E-state index is -2.44. The van der Waals surface area contributed by atoms with E-state index in [1.807, 2.05) is 0 Å². The number of aryl methyl sites for hydroxylation is 1. The molecule has 1 fully saturated rings. The molecule has 1 aliphatic rings. The van der Waals surface area contributed by atoms with Gasteiger partial charge in [0.2, 0.25) is 12.4 Å². The summed E-state index contributed by atoms with van der Waals surface area (Å²) in [7, 11) is 0. The Hall–Kier alpha value is -4.71. The quantitative estimate of drug-likeness (QED) is 0.256. The maximum atomic E-state index is 13.9. The zero-order valence-electron chi connectivity index (χ0n) is 23.0. The van der Waals surface area contributed by atoms with Gasteiger partial charge in [0.25, 0.3) is 0 Å². The number of hydrogen-bond acceptors (Lipinski definition) is 8. The van der Waals surface area contributed by atoms with Crippen LogP contribution in [0.25, 0.3) is 10.9 Å². The number of nitriles is 2. The van der Waals surface area contributed by atoms with Gasteiger partial charge < -0.3 is 10.6 Å². The Kier molecular flexibility index (Phi) is 7.26. The fourth-order valence-corrected chi connectivity index (χ4v) is 4.78. The number of nitrogens with zero attached hydrogens (tertiary/aromatic N) is 7. The number of nitrogens with one attached hydrogen (secondary N) is 2. The number of hydrogen-bond donors (Lipinski definition) is 2. The van der Waals surface area contributed by atoms with E-state index in [1.165, 1.54) is 16.9 Å². The summed E-state index contributed by atoms with van der Waals surface area (Å²) in [6.45, 7) is 8.40. The van der Waals surface area contributed by atoms with Gasteiger partial charge >= 0.3 is 0 Å². The second-order valence-electron chi connectivity index (χ2n) is 11.4. The van der Waals surface area contributed by atoms with Gasteiger partial charge in [-0.3, -0.25) is 4.98 Å². The first-order chi connectivity index (χ1) is 19.5. The van der Waals surface area contributed by atoms with Crippen molar-refractivity contribution in [2.24, 2.45) is 11.3 Å². The molecule has 41 heavy (non-hydrogen) atoms. The molecule has 0 spiro atoms. The molecule has 1 aromatic carbocycles. The molecule has 2 N–H and O–H groups in total. The van der Waals surface area contributed by atoms with Crippen LogP contribution in [0.3, 0.4) is 0 Å². The Morgan fingerprint density at radius 2 is 1.90 bits per heavy atom. The molecular formula is C29H28F3N9. The smallest absolute Gasteiger partial charge is 0.243 e. The molecule has 5 rings (SSSR count). The van der Waals surface area contributed by atoms with Crippen molar-refractivity contribution in [3.05, 3.63) is 70.7 Å². The average Bonchev–Trinajstić information content (AvgIpc) is 3.59. The monoisotopic (exact) mass is 559 g/mol. The highest BCUT2D eigenvalue weighted by molar-refractivity contribution is 5.99. The van der Waals surface area contributed by atoms with Crippen molar-refractivity contribution in [3.63, 3.8) is 0 Å². The van der Waals surface area contributed by atoms with E-state index in [2.05, 4.69) is 63.8 Å². The van der Waals surface area contributed by atoms with Crippen molar-refractivity contribution in [2.45, 2.75) is 52.6 Å². The van der Waals surface area contributed by atoms with Crippen LogP contribution < -0.4 is 10.6 Å². The highest BCUT2D eigenvalue weighted by atomic mass is 19.3. The number of anilines is 2. The summed E-state index contributed by atoms with van der Waals surface area (Å²) in [6.07, 6.45) is 0.913. The summed E-state index contributed by atoms with van der Waals surface area (Å²) in [5.41, 5.74) is 3.42. The van der Waals surface area contributed by atoms with Crippen LogP contribution in [0.1, 0.15) is 67.4 Å². The lowest BCUT2D eigenvalue weighted by Gasteiger charge is -2.22. The summed E-state index contributed by atoms with van der Waals surface area (Å²) in [4.78, 5) is 8.34. The molecule has 1 unspecified atom stereocenters. The van der Waals surface area contributed by atoms with Gasteiger partial charge in [0, 0.05) is 41.0 Å². The fourth-order valence-electron chi connectivity index (χ4n) is 4.78. The summed E-state index contributed by atoms with van der Waals surface area (Å²) < 4.78 is 41.7. The number of pyridine rings is 2. The van der Waals surface area contributed by atoms with E-state index in [4.69, 9.17) is 0 Å². The maximum absolute atomic E-state index is 13.9. The third kappa shape index (κ3) is 5.78. The molecule has 0 radical (unpaired) electrons. The molecule has 4 aromatic rings. The summed E-state index contributed by atoms with van der Waals surface area (Å²) in [5.74, 6) is -1.42. The Balaban J connectivity index is 1.60. The van der Waals surface area contributed by atoms with E-state index in [-0.39, 0.29) is 11.0 Å². The molecule has 210 valence electrons. The second kappa shape index (κ2) is 10.7. The zero-order valence-corrected chi connectivity index (χ0v) is 23.0. The third-order valence-corrected chi connectivity index (χ3v) is 7.01. The van der Waals surface area contributed by atoms with Gasteiger partial charge in [0.05, 0.1) is 40.6 Å². The molecule has 1 saturated carbocycles. The predicted molar refractivity (Wildman–Crippen MR) is 147 cm³/mol. The van der Waals surface area contributed by atoms with E-state index >= 15 is 0 Å². The normalized spacial score (nSPS) is 17.2. The van der Waals surface area contributed by atoms with Crippen LogP contribution in [0.5, 0.6) is 0 Å². The molecule has 1 aliphatic carbocycles. The predicted octanol–water partition coefficient (Wildman–Crippen LogP) is 5.90. The number of benzene rings is 1. The fraction of sp³-hybridized carbons (Fsp3) is 0.379. The maximum Gasteiger partial charge on any atom is 0.243 e. The highest BCUT2D eigenvalue weighted by Crippen LogP contribution is 2.47. The van der Waals surface area contributed by atoms with Gasteiger partial charge in [0.1, 0.15) is 17.8 Å². The number of rotatable bonds is 8. The lowest BCUT2D eigenvalue weighted by atomic mass is 9.96. The first kappa shape index (κ1) is 27.8. The van der Waals surface area contributed by atoms with E-state index in [0.717, 1.165) is 0 Å². The summed E-state index contributed by atoms with van der Waals surface area (Å²) in [6, 6.07) is 9.43. The van der Waals surface area contributed by atoms with Gasteiger partial charge in [-0.25, -0.2) is 18.4 Å². The molecule has 12 heteroatoms. The van der Waals surface area contributed by atoms with Crippen molar-refractivity contribution in [1.29, 1.82) is 10.5 Å². The average molecular weight is 560 g/mol. The molecule has 3 aromatic heterocycles. The molecule has 3 heterocycles. The van der Waals surface area contributed by atoms with Crippen LogP contribution in [-0.2, 0) is 0 Å². The molecule has 0 amide bonds. The van der Waals surface area contributed by atoms with Crippen molar-refractivity contribution in [1.82, 2.24) is 25.0 Å². The van der Waals surface area contributed by atoms with E-state index in [0.29, 0.717) is 57.8 Å². The zero-order chi connectivity index (χ0) is 29.5. The van der Waals surface area contributed by atoms with Crippen LogP contribution in [0.2, 0.25) is 0 Å². The minimum absolute atomic E-state index is 0.0921. The Morgan fingerprint density at radius 3 is 2.54 bits per heavy atom. The van der Waals surface area contributed by atoms with Crippen molar-refractivity contribution < 1.29 is 13.2 Å². The van der Waals surface area contributed by atoms with E-state index in [1.54, 1.807) is 31.3 Å². The first-order valence-corrected chi connectivity index (χ1v) is 13.1.